The molecule has 0 aliphatic heterocycles. The summed E-state index contributed by atoms with van der Waals surface area (Å²) in [7, 11) is 0. The van der Waals surface area contributed by atoms with E-state index in [9.17, 15) is 9.59 Å². The van der Waals surface area contributed by atoms with Crippen LogP contribution in [-0.4, -0.2) is 25.0 Å². The fourth-order valence-corrected chi connectivity index (χ4v) is 2.73. The summed E-state index contributed by atoms with van der Waals surface area (Å²) in [5, 5.41) is 0. The second kappa shape index (κ2) is 11.7. The predicted octanol–water partition coefficient (Wildman–Crippen LogP) is 4.42. The van der Waals surface area contributed by atoms with E-state index in [4.69, 9.17) is 9.47 Å². The van der Waals surface area contributed by atoms with Crippen LogP contribution in [0.3, 0.4) is 0 Å². The molecule has 1 atom stereocenters. The standard InChI is InChI=1S/C24H26O4/c1-3-21(17-23(25)28-4-2)24(26)22-14-12-19(13-15-22)11-8-16-27-18-20-9-6-5-7-10-20/h5-7,9-10,12-15,21H,3-4,16-18H2,1-2H3. The molecule has 146 valence electrons. The number of rotatable bonds is 9. The van der Waals surface area contributed by atoms with E-state index in [1.165, 1.54) is 0 Å². The molecule has 4 nitrogen and oxygen atoms in total. The van der Waals surface area contributed by atoms with Crippen molar-refractivity contribution >= 4 is 11.8 Å². The second-order valence-electron chi connectivity index (χ2n) is 6.34. The van der Waals surface area contributed by atoms with Crippen molar-refractivity contribution < 1.29 is 19.1 Å². The van der Waals surface area contributed by atoms with Gasteiger partial charge in [0.1, 0.15) is 6.61 Å². The van der Waals surface area contributed by atoms with Crippen LogP contribution in [-0.2, 0) is 20.9 Å². The van der Waals surface area contributed by atoms with Crippen LogP contribution in [0.15, 0.2) is 54.6 Å². The van der Waals surface area contributed by atoms with E-state index in [0.29, 0.717) is 31.8 Å². The van der Waals surface area contributed by atoms with Crippen LogP contribution in [0.5, 0.6) is 0 Å². The molecule has 0 aliphatic carbocycles. The third-order valence-corrected chi connectivity index (χ3v) is 4.27. The molecule has 0 spiro atoms. The third kappa shape index (κ3) is 7.02. The van der Waals surface area contributed by atoms with E-state index in [0.717, 1.165) is 11.1 Å². The highest BCUT2D eigenvalue weighted by Crippen LogP contribution is 2.17. The van der Waals surface area contributed by atoms with Gasteiger partial charge in [0, 0.05) is 17.0 Å². The minimum Gasteiger partial charge on any atom is -0.466 e. The number of carbonyl (C=O) groups is 2. The lowest BCUT2D eigenvalue weighted by atomic mass is 9.92. The number of ether oxygens (including phenoxy) is 2. The van der Waals surface area contributed by atoms with E-state index in [-0.39, 0.29) is 24.1 Å². The van der Waals surface area contributed by atoms with Gasteiger partial charge in [0.2, 0.25) is 0 Å². The van der Waals surface area contributed by atoms with Crippen molar-refractivity contribution in [2.75, 3.05) is 13.2 Å². The Morgan fingerprint density at radius 3 is 2.36 bits per heavy atom. The molecule has 0 saturated carbocycles. The minimum atomic E-state index is -0.359. The SMILES string of the molecule is CCOC(=O)CC(CC)C(=O)c1ccc(C#CCOCc2ccccc2)cc1. The molecule has 0 amide bonds. The quantitative estimate of drug-likeness (QED) is 0.281. The Labute approximate surface area is 166 Å². The van der Waals surface area contributed by atoms with Crippen LogP contribution in [0.2, 0.25) is 0 Å². The molecular formula is C24H26O4. The Balaban J connectivity index is 1.86. The molecule has 0 heterocycles. The first-order valence-electron chi connectivity index (χ1n) is 9.54. The molecule has 4 heteroatoms. The van der Waals surface area contributed by atoms with E-state index >= 15 is 0 Å². The Morgan fingerprint density at radius 2 is 1.71 bits per heavy atom. The smallest absolute Gasteiger partial charge is 0.306 e. The van der Waals surface area contributed by atoms with Crippen molar-refractivity contribution in [1.82, 2.24) is 0 Å². The van der Waals surface area contributed by atoms with E-state index in [1.807, 2.05) is 49.4 Å². The summed E-state index contributed by atoms with van der Waals surface area (Å²) in [4.78, 5) is 24.3. The lowest BCUT2D eigenvalue weighted by molar-refractivity contribution is -0.143. The number of benzene rings is 2. The van der Waals surface area contributed by atoms with Gasteiger partial charge in [-0.25, -0.2) is 0 Å². The number of carbonyl (C=O) groups excluding carboxylic acids is 2. The Kier molecular flexibility index (Phi) is 8.97. The largest absolute Gasteiger partial charge is 0.466 e. The molecule has 0 bridgehead atoms. The lowest BCUT2D eigenvalue weighted by Gasteiger charge is -2.13. The zero-order valence-corrected chi connectivity index (χ0v) is 16.4. The summed E-state index contributed by atoms with van der Waals surface area (Å²) < 4.78 is 10.5. The summed E-state index contributed by atoms with van der Waals surface area (Å²) in [6.07, 6.45) is 0.710. The number of hydrogen-bond acceptors (Lipinski definition) is 4. The maximum Gasteiger partial charge on any atom is 0.306 e. The van der Waals surface area contributed by atoms with Crippen LogP contribution in [0.4, 0.5) is 0 Å². The molecule has 0 fully saturated rings. The van der Waals surface area contributed by atoms with Crippen LogP contribution in [0, 0.1) is 17.8 Å². The van der Waals surface area contributed by atoms with Gasteiger partial charge in [-0.05, 0) is 31.0 Å². The first-order valence-corrected chi connectivity index (χ1v) is 9.54. The van der Waals surface area contributed by atoms with Gasteiger partial charge in [0.15, 0.2) is 5.78 Å². The normalized spacial score (nSPS) is 11.2. The molecule has 2 aromatic rings. The van der Waals surface area contributed by atoms with Crippen LogP contribution < -0.4 is 0 Å². The highest BCUT2D eigenvalue weighted by Gasteiger charge is 2.22. The molecule has 0 aliphatic rings. The molecule has 28 heavy (non-hydrogen) atoms. The lowest BCUT2D eigenvalue weighted by Crippen LogP contribution is -2.19. The molecule has 2 aromatic carbocycles. The van der Waals surface area contributed by atoms with Gasteiger partial charge in [-0.3, -0.25) is 9.59 Å². The summed E-state index contributed by atoms with van der Waals surface area (Å²) >= 11 is 0. The average Bonchev–Trinajstić information content (AvgIpc) is 2.73. The second-order valence-corrected chi connectivity index (χ2v) is 6.34. The Bertz CT molecular complexity index is 813. The van der Waals surface area contributed by atoms with E-state index < -0.39 is 0 Å². The van der Waals surface area contributed by atoms with Crippen molar-refractivity contribution in [2.24, 2.45) is 5.92 Å². The topological polar surface area (TPSA) is 52.6 Å². The van der Waals surface area contributed by atoms with Gasteiger partial charge < -0.3 is 9.47 Å². The Hall–Kier alpha value is -2.90. The van der Waals surface area contributed by atoms with Crippen molar-refractivity contribution in [3.05, 3.63) is 71.3 Å². The number of hydrogen-bond donors (Lipinski definition) is 0. The van der Waals surface area contributed by atoms with Crippen LogP contribution >= 0.6 is 0 Å². The van der Waals surface area contributed by atoms with Gasteiger partial charge in [0.25, 0.3) is 0 Å². The third-order valence-electron chi connectivity index (χ3n) is 4.27. The molecule has 2 rings (SSSR count). The maximum absolute atomic E-state index is 12.6. The first kappa shape index (κ1) is 21.4. The van der Waals surface area contributed by atoms with Crippen molar-refractivity contribution in [3.63, 3.8) is 0 Å². The number of esters is 1. The first-order chi connectivity index (χ1) is 13.6. The molecule has 1 unspecified atom stereocenters. The highest BCUT2D eigenvalue weighted by molar-refractivity contribution is 5.99. The van der Waals surface area contributed by atoms with Gasteiger partial charge in [-0.2, -0.15) is 0 Å². The predicted molar refractivity (Wildman–Crippen MR) is 109 cm³/mol. The van der Waals surface area contributed by atoms with Crippen molar-refractivity contribution in [2.45, 2.75) is 33.3 Å². The van der Waals surface area contributed by atoms with Crippen LogP contribution in [0.25, 0.3) is 0 Å². The molecule has 0 saturated heterocycles. The summed E-state index contributed by atoms with van der Waals surface area (Å²) in [5.74, 6) is 5.27. The monoisotopic (exact) mass is 378 g/mol. The maximum atomic E-state index is 12.6. The zero-order chi connectivity index (χ0) is 20.2. The molecule has 0 radical (unpaired) electrons. The fraction of sp³-hybridized carbons (Fsp3) is 0.333. The van der Waals surface area contributed by atoms with Gasteiger partial charge in [-0.1, -0.05) is 61.2 Å². The van der Waals surface area contributed by atoms with Gasteiger partial charge >= 0.3 is 5.97 Å². The zero-order valence-electron chi connectivity index (χ0n) is 16.4. The summed E-state index contributed by atoms with van der Waals surface area (Å²) in [5.41, 5.74) is 2.51. The molecular weight excluding hydrogens is 352 g/mol. The minimum absolute atomic E-state index is 0.0405. The van der Waals surface area contributed by atoms with Gasteiger partial charge in [-0.15, -0.1) is 0 Å². The summed E-state index contributed by atoms with van der Waals surface area (Å²) in [6.45, 7) is 4.85. The number of Topliss-reactive ketones (excluding diaryl/α,β-unsaturated/α-hetero) is 1. The average molecular weight is 378 g/mol. The number of ketones is 1. The highest BCUT2D eigenvalue weighted by atomic mass is 16.5. The van der Waals surface area contributed by atoms with Crippen molar-refractivity contribution in [1.29, 1.82) is 0 Å². The molecule has 0 aromatic heterocycles. The summed E-state index contributed by atoms with van der Waals surface area (Å²) in [6, 6.07) is 17.1. The van der Waals surface area contributed by atoms with Crippen molar-refractivity contribution in [3.8, 4) is 11.8 Å². The van der Waals surface area contributed by atoms with Gasteiger partial charge in [0.05, 0.1) is 19.6 Å². The van der Waals surface area contributed by atoms with Crippen LogP contribution in [0.1, 0.15) is 48.2 Å². The molecule has 0 N–H and O–H groups in total. The fourth-order valence-electron chi connectivity index (χ4n) is 2.73. The van der Waals surface area contributed by atoms with E-state index in [2.05, 4.69) is 11.8 Å². The van der Waals surface area contributed by atoms with E-state index in [1.54, 1.807) is 19.1 Å². The Morgan fingerprint density at radius 1 is 1.00 bits per heavy atom.